The van der Waals surface area contributed by atoms with Crippen LogP contribution in [-0.2, 0) is 4.79 Å². The Kier molecular flexibility index (Phi) is 3.43. The normalized spacial score (nSPS) is 10.9. The second-order valence-electron chi connectivity index (χ2n) is 5.46. The first-order valence-corrected chi connectivity index (χ1v) is 7.59. The van der Waals surface area contributed by atoms with Crippen LogP contribution in [0.3, 0.4) is 0 Å². The van der Waals surface area contributed by atoms with Gasteiger partial charge in [-0.3, -0.25) is 9.69 Å². The Labute approximate surface area is 138 Å². The molecule has 0 atom stereocenters. The van der Waals surface area contributed by atoms with Gasteiger partial charge in [0.05, 0.1) is 12.8 Å². The molecule has 0 aliphatic heterocycles. The van der Waals surface area contributed by atoms with Crippen LogP contribution in [-0.4, -0.2) is 13.5 Å². The zero-order chi connectivity index (χ0) is 16.5. The number of carbonyl (C=O) groups excluding carboxylic acids is 1. The standard InChI is InChI=1S/C20H15NO3/c1-23-19-8-4-7-17-18(12-24-20(17)19)21(13-22)16-10-9-14-5-2-3-6-15(14)11-16/h2-13H,1H3. The maximum atomic E-state index is 11.8. The summed E-state index contributed by atoms with van der Waals surface area (Å²) >= 11 is 0. The Morgan fingerprint density at radius 1 is 1.00 bits per heavy atom. The first-order valence-electron chi connectivity index (χ1n) is 7.59. The van der Waals surface area contributed by atoms with E-state index in [4.69, 9.17) is 9.15 Å². The van der Waals surface area contributed by atoms with Crippen LogP contribution in [0.2, 0.25) is 0 Å². The Balaban J connectivity index is 1.87. The lowest BCUT2D eigenvalue weighted by Gasteiger charge is -2.16. The molecule has 0 aliphatic carbocycles. The molecule has 4 rings (SSSR count). The van der Waals surface area contributed by atoms with Gasteiger partial charge in [0.15, 0.2) is 11.3 Å². The highest BCUT2D eigenvalue weighted by molar-refractivity contribution is 6.03. The van der Waals surface area contributed by atoms with Gasteiger partial charge in [0.2, 0.25) is 6.41 Å². The molecule has 0 saturated carbocycles. The van der Waals surface area contributed by atoms with Gasteiger partial charge < -0.3 is 9.15 Å². The molecule has 24 heavy (non-hydrogen) atoms. The third kappa shape index (κ3) is 2.20. The van der Waals surface area contributed by atoms with Crippen molar-refractivity contribution < 1.29 is 13.9 Å². The van der Waals surface area contributed by atoms with Crippen LogP contribution in [0.4, 0.5) is 11.4 Å². The van der Waals surface area contributed by atoms with Gasteiger partial charge in [-0.15, -0.1) is 0 Å². The predicted molar refractivity (Wildman–Crippen MR) is 94.9 cm³/mol. The Hall–Kier alpha value is -3.27. The molecule has 4 heteroatoms. The molecule has 1 heterocycles. The highest BCUT2D eigenvalue weighted by Crippen LogP contribution is 2.37. The molecule has 0 aliphatic rings. The molecule has 0 spiro atoms. The number of ether oxygens (including phenoxy) is 1. The summed E-state index contributed by atoms with van der Waals surface area (Å²) in [6, 6.07) is 19.6. The highest BCUT2D eigenvalue weighted by Gasteiger charge is 2.17. The van der Waals surface area contributed by atoms with Crippen LogP contribution < -0.4 is 9.64 Å². The van der Waals surface area contributed by atoms with E-state index < -0.39 is 0 Å². The number of fused-ring (bicyclic) bond motifs is 2. The molecule has 0 fully saturated rings. The van der Waals surface area contributed by atoms with E-state index in [1.165, 1.54) is 0 Å². The molecule has 0 radical (unpaired) electrons. The number of methoxy groups -OCH3 is 1. The van der Waals surface area contributed by atoms with E-state index >= 15 is 0 Å². The lowest BCUT2D eigenvalue weighted by Crippen LogP contribution is -2.13. The largest absolute Gasteiger partial charge is 0.493 e. The first kappa shape index (κ1) is 14.3. The van der Waals surface area contributed by atoms with Gasteiger partial charge in [0, 0.05) is 11.1 Å². The minimum Gasteiger partial charge on any atom is -0.493 e. The molecular formula is C20H15NO3. The second-order valence-corrected chi connectivity index (χ2v) is 5.46. The van der Waals surface area contributed by atoms with Crippen LogP contribution in [0, 0.1) is 0 Å². The van der Waals surface area contributed by atoms with Crippen molar-refractivity contribution in [2.24, 2.45) is 0 Å². The molecule has 0 unspecified atom stereocenters. The number of benzene rings is 3. The van der Waals surface area contributed by atoms with E-state index in [0.29, 0.717) is 17.0 Å². The fourth-order valence-corrected chi connectivity index (χ4v) is 2.95. The summed E-state index contributed by atoms with van der Waals surface area (Å²) in [6.45, 7) is 0. The van der Waals surface area contributed by atoms with Crippen molar-refractivity contribution >= 4 is 39.5 Å². The van der Waals surface area contributed by atoms with Crippen molar-refractivity contribution in [2.75, 3.05) is 12.0 Å². The Bertz CT molecular complexity index is 1040. The molecule has 4 nitrogen and oxygen atoms in total. The van der Waals surface area contributed by atoms with Crippen LogP contribution in [0.25, 0.3) is 21.7 Å². The molecule has 0 saturated heterocycles. The van der Waals surface area contributed by atoms with E-state index in [-0.39, 0.29) is 0 Å². The van der Waals surface area contributed by atoms with Gasteiger partial charge in [0.1, 0.15) is 6.26 Å². The quantitative estimate of drug-likeness (QED) is 0.503. The molecule has 1 aromatic heterocycles. The van der Waals surface area contributed by atoms with Crippen molar-refractivity contribution in [2.45, 2.75) is 0 Å². The number of para-hydroxylation sites is 1. The number of furan rings is 1. The number of rotatable bonds is 4. The lowest BCUT2D eigenvalue weighted by molar-refractivity contribution is -0.106. The van der Waals surface area contributed by atoms with Crippen molar-refractivity contribution in [1.82, 2.24) is 0 Å². The predicted octanol–water partition coefficient (Wildman–Crippen LogP) is 4.89. The fraction of sp³-hybridized carbons (Fsp3) is 0.0500. The first-order chi connectivity index (χ1) is 11.8. The van der Waals surface area contributed by atoms with E-state index in [9.17, 15) is 4.79 Å². The zero-order valence-electron chi connectivity index (χ0n) is 13.1. The number of carbonyl (C=O) groups is 1. The number of anilines is 2. The lowest BCUT2D eigenvalue weighted by atomic mass is 10.1. The summed E-state index contributed by atoms with van der Waals surface area (Å²) in [6.07, 6.45) is 2.38. The minimum absolute atomic E-state index is 0.627. The van der Waals surface area contributed by atoms with E-state index in [0.717, 1.165) is 28.3 Å². The molecule has 1 amide bonds. The average molecular weight is 317 g/mol. The molecule has 4 aromatic rings. The molecule has 0 N–H and O–H groups in total. The van der Waals surface area contributed by atoms with E-state index in [2.05, 4.69) is 0 Å². The maximum absolute atomic E-state index is 11.8. The number of nitrogens with zero attached hydrogens (tertiary/aromatic N) is 1. The number of hydrogen-bond donors (Lipinski definition) is 0. The Morgan fingerprint density at radius 3 is 2.62 bits per heavy atom. The van der Waals surface area contributed by atoms with Gasteiger partial charge in [0.25, 0.3) is 0 Å². The highest BCUT2D eigenvalue weighted by atomic mass is 16.5. The third-order valence-corrected chi connectivity index (χ3v) is 4.14. The smallest absolute Gasteiger partial charge is 0.218 e. The average Bonchev–Trinajstić information content (AvgIpc) is 3.06. The summed E-state index contributed by atoms with van der Waals surface area (Å²) in [5, 5.41) is 3.03. The SMILES string of the molecule is COc1cccc2c(N(C=O)c3ccc4ccccc4c3)coc12. The van der Waals surface area contributed by atoms with Crippen LogP contribution in [0.1, 0.15) is 0 Å². The van der Waals surface area contributed by atoms with Crippen molar-refractivity contribution in [3.63, 3.8) is 0 Å². The van der Waals surface area contributed by atoms with Gasteiger partial charge in [-0.25, -0.2) is 0 Å². The van der Waals surface area contributed by atoms with Gasteiger partial charge in [-0.05, 0) is 35.0 Å². The molecule has 3 aromatic carbocycles. The van der Waals surface area contributed by atoms with Gasteiger partial charge in [-0.2, -0.15) is 0 Å². The van der Waals surface area contributed by atoms with Crippen molar-refractivity contribution in [3.8, 4) is 5.75 Å². The topological polar surface area (TPSA) is 42.7 Å². The maximum Gasteiger partial charge on any atom is 0.218 e. The minimum atomic E-state index is 0.627. The van der Waals surface area contributed by atoms with Crippen molar-refractivity contribution in [3.05, 3.63) is 66.9 Å². The molecular weight excluding hydrogens is 302 g/mol. The van der Waals surface area contributed by atoms with Crippen LogP contribution >= 0.6 is 0 Å². The zero-order valence-corrected chi connectivity index (χ0v) is 13.1. The second kappa shape index (κ2) is 5.74. The third-order valence-electron chi connectivity index (χ3n) is 4.14. The summed E-state index contributed by atoms with van der Waals surface area (Å²) in [5.41, 5.74) is 2.10. The van der Waals surface area contributed by atoms with Crippen LogP contribution in [0.15, 0.2) is 71.3 Å². The molecule has 118 valence electrons. The summed E-state index contributed by atoms with van der Waals surface area (Å²) in [7, 11) is 1.60. The number of hydrogen-bond acceptors (Lipinski definition) is 3. The van der Waals surface area contributed by atoms with E-state index in [1.807, 2.05) is 60.7 Å². The fourth-order valence-electron chi connectivity index (χ4n) is 2.95. The van der Waals surface area contributed by atoms with Crippen LogP contribution in [0.5, 0.6) is 5.75 Å². The Morgan fingerprint density at radius 2 is 1.83 bits per heavy atom. The summed E-state index contributed by atoms with van der Waals surface area (Å²) < 4.78 is 11.0. The van der Waals surface area contributed by atoms with Crippen molar-refractivity contribution in [1.29, 1.82) is 0 Å². The van der Waals surface area contributed by atoms with Gasteiger partial charge in [-0.1, -0.05) is 36.4 Å². The summed E-state index contributed by atoms with van der Waals surface area (Å²) in [5.74, 6) is 0.642. The monoisotopic (exact) mass is 317 g/mol. The van der Waals surface area contributed by atoms with Gasteiger partial charge >= 0.3 is 0 Å². The van der Waals surface area contributed by atoms with E-state index in [1.54, 1.807) is 18.3 Å². The molecule has 0 bridgehead atoms. The number of amides is 1. The summed E-state index contributed by atoms with van der Waals surface area (Å²) in [4.78, 5) is 13.4.